The monoisotopic (exact) mass is 388 g/mol. The first-order valence-corrected chi connectivity index (χ1v) is 8.42. The maximum absolute atomic E-state index is 12.7. The van der Waals surface area contributed by atoms with Gasteiger partial charge in [0.1, 0.15) is 0 Å². The molecule has 2 rings (SSSR count). The number of nitrogens with zero attached hydrogens (tertiary/aromatic N) is 2. The van der Waals surface area contributed by atoms with Crippen LogP contribution in [0, 0.1) is 10.1 Å². The molecule has 0 aliphatic rings. The number of para-hydroxylation sites is 1. The van der Waals surface area contributed by atoms with Crippen LogP contribution in [0.5, 0.6) is 11.5 Å². The van der Waals surface area contributed by atoms with Crippen LogP contribution in [-0.4, -0.2) is 47.1 Å². The van der Waals surface area contributed by atoms with Gasteiger partial charge in [0.25, 0.3) is 11.6 Å². The molecule has 0 bridgehead atoms. The molecule has 0 unspecified atom stereocenters. The molecule has 2 aromatic carbocycles. The van der Waals surface area contributed by atoms with Gasteiger partial charge in [-0.3, -0.25) is 14.9 Å². The summed E-state index contributed by atoms with van der Waals surface area (Å²) >= 11 is 0. The lowest BCUT2D eigenvalue weighted by Crippen LogP contribution is -2.26. The summed E-state index contributed by atoms with van der Waals surface area (Å²) in [6.07, 6.45) is 0. The molecule has 0 saturated carbocycles. The Balaban J connectivity index is 2.22. The summed E-state index contributed by atoms with van der Waals surface area (Å²) in [4.78, 5) is 35.4. The van der Waals surface area contributed by atoms with Gasteiger partial charge in [0, 0.05) is 24.2 Å². The van der Waals surface area contributed by atoms with Crippen LogP contribution in [0.2, 0.25) is 0 Å². The summed E-state index contributed by atoms with van der Waals surface area (Å²) in [6, 6.07) is 10.6. The fraction of sp³-hybridized carbons (Fsp3) is 0.263. The van der Waals surface area contributed by atoms with E-state index in [9.17, 15) is 19.7 Å². The largest absolute Gasteiger partial charge is 0.490 e. The highest BCUT2D eigenvalue weighted by atomic mass is 16.6. The van der Waals surface area contributed by atoms with Gasteiger partial charge in [-0.15, -0.1) is 0 Å². The molecule has 1 amide bonds. The van der Waals surface area contributed by atoms with E-state index in [4.69, 9.17) is 14.6 Å². The molecule has 9 nitrogen and oxygen atoms in total. The quantitative estimate of drug-likeness (QED) is 0.518. The third-order valence-electron chi connectivity index (χ3n) is 3.78. The van der Waals surface area contributed by atoms with Crippen molar-refractivity contribution in [1.29, 1.82) is 0 Å². The van der Waals surface area contributed by atoms with Crippen LogP contribution in [0.3, 0.4) is 0 Å². The molecule has 0 aliphatic heterocycles. The fourth-order valence-electron chi connectivity index (χ4n) is 2.54. The minimum Gasteiger partial charge on any atom is -0.490 e. The van der Waals surface area contributed by atoms with Gasteiger partial charge in [-0.2, -0.15) is 0 Å². The highest BCUT2D eigenvalue weighted by molar-refractivity contribution is 5.94. The maximum atomic E-state index is 12.7. The second kappa shape index (κ2) is 9.36. The zero-order valence-corrected chi connectivity index (χ0v) is 15.5. The smallest absolute Gasteiger partial charge is 0.341 e. The molecule has 0 aliphatic carbocycles. The van der Waals surface area contributed by atoms with Crippen molar-refractivity contribution in [2.75, 3.05) is 20.3 Å². The van der Waals surface area contributed by atoms with Crippen LogP contribution in [0.15, 0.2) is 42.5 Å². The summed E-state index contributed by atoms with van der Waals surface area (Å²) < 4.78 is 10.6. The third kappa shape index (κ3) is 5.19. The summed E-state index contributed by atoms with van der Waals surface area (Å²) in [5.74, 6) is -1.05. The zero-order chi connectivity index (χ0) is 20.7. The van der Waals surface area contributed by atoms with Gasteiger partial charge in [0.05, 0.1) is 18.1 Å². The second-order valence-corrected chi connectivity index (χ2v) is 5.82. The molecular weight excluding hydrogens is 368 g/mol. The number of nitro benzene ring substituents is 1. The standard InChI is InChI=1S/C19H20N2O7/c1-3-27-17-10-13(8-9-16(17)28-12-18(22)23)19(24)20(2)11-14-6-4-5-7-15(14)21(25)26/h4-10H,3,11-12H2,1-2H3,(H,22,23). The normalized spacial score (nSPS) is 10.2. The Kier molecular flexibility index (Phi) is 6.91. The number of benzene rings is 2. The summed E-state index contributed by atoms with van der Waals surface area (Å²) in [7, 11) is 1.54. The summed E-state index contributed by atoms with van der Waals surface area (Å²) in [5.41, 5.74) is 0.636. The average Bonchev–Trinajstić information content (AvgIpc) is 2.66. The van der Waals surface area contributed by atoms with E-state index in [1.54, 1.807) is 25.1 Å². The lowest BCUT2D eigenvalue weighted by atomic mass is 10.1. The van der Waals surface area contributed by atoms with E-state index < -0.39 is 17.5 Å². The van der Waals surface area contributed by atoms with E-state index in [2.05, 4.69) is 0 Å². The minimum absolute atomic E-state index is 0.0528. The molecule has 2 aromatic rings. The summed E-state index contributed by atoms with van der Waals surface area (Å²) in [6.45, 7) is 1.56. The van der Waals surface area contributed by atoms with E-state index in [-0.39, 0.29) is 35.2 Å². The Morgan fingerprint density at radius 1 is 1.14 bits per heavy atom. The molecule has 9 heteroatoms. The Bertz CT molecular complexity index is 882. The molecule has 0 saturated heterocycles. The number of carboxylic acid groups (broad SMARTS) is 1. The van der Waals surface area contributed by atoms with Gasteiger partial charge in [-0.05, 0) is 25.1 Å². The molecule has 0 spiro atoms. The number of carbonyl (C=O) groups is 2. The first kappa shape index (κ1) is 20.7. The van der Waals surface area contributed by atoms with E-state index in [0.717, 1.165) is 0 Å². The van der Waals surface area contributed by atoms with Crippen LogP contribution in [0.1, 0.15) is 22.8 Å². The van der Waals surface area contributed by atoms with Crippen molar-refractivity contribution in [1.82, 2.24) is 4.90 Å². The molecular formula is C19H20N2O7. The minimum atomic E-state index is -1.13. The highest BCUT2D eigenvalue weighted by Gasteiger charge is 2.19. The number of aliphatic carboxylic acids is 1. The number of hydrogen-bond donors (Lipinski definition) is 1. The highest BCUT2D eigenvalue weighted by Crippen LogP contribution is 2.29. The first-order chi connectivity index (χ1) is 13.3. The second-order valence-electron chi connectivity index (χ2n) is 5.82. The van der Waals surface area contributed by atoms with E-state index in [0.29, 0.717) is 12.2 Å². The molecule has 0 heterocycles. The van der Waals surface area contributed by atoms with E-state index in [1.165, 1.54) is 36.2 Å². The molecule has 0 atom stereocenters. The van der Waals surface area contributed by atoms with Crippen molar-refractivity contribution in [2.45, 2.75) is 13.5 Å². The lowest BCUT2D eigenvalue weighted by Gasteiger charge is -2.18. The molecule has 0 radical (unpaired) electrons. The van der Waals surface area contributed by atoms with Crippen molar-refractivity contribution in [2.24, 2.45) is 0 Å². The average molecular weight is 388 g/mol. The van der Waals surface area contributed by atoms with E-state index >= 15 is 0 Å². The van der Waals surface area contributed by atoms with Crippen molar-refractivity contribution in [3.8, 4) is 11.5 Å². The number of nitro groups is 1. The molecule has 28 heavy (non-hydrogen) atoms. The molecule has 0 aromatic heterocycles. The predicted molar refractivity (Wildman–Crippen MR) is 99.6 cm³/mol. The SMILES string of the molecule is CCOc1cc(C(=O)N(C)Cc2ccccc2[N+](=O)[O-])ccc1OCC(=O)O. The third-order valence-corrected chi connectivity index (χ3v) is 3.78. The first-order valence-electron chi connectivity index (χ1n) is 8.42. The topological polar surface area (TPSA) is 119 Å². The molecule has 1 N–H and O–H groups in total. The number of rotatable bonds is 9. The van der Waals surface area contributed by atoms with Gasteiger partial charge in [-0.1, -0.05) is 18.2 Å². The van der Waals surface area contributed by atoms with Crippen molar-refractivity contribution in [3.05, 3.63) is 63.7 Å². The number of hydrogen-bond acceptors (Lipinski definition) is 6. The number of carboxylic acids is 1. The molecule has 0 fully saturated rings. The van der Waals surface area contributed by atoms with Crippen LogP contribution in [-0.2, 0) is 11.3 Å². The van der Waals surface area contributed by atoms with Gasteiger partial charge in [-0.25, -0.2) is 4.79 Å². The lowest BCUT2D eigenvalue weighted by molar-refractivity contribution is -0.385. The Labute approximate surface area is 161 Å². The Morgan fingerprint density at radius 3 is 2.50 bits per heavy atom. The Morgan fingerprint density at radius 2 is 1.86 bits per heavy atom. The van der Waals surface area contributed by atoms with E-state index in [1.807, 2.05) is 0 Å². The zero-order valence-electron chi connectivity index (χ0n) is 15.5. The van der Waals surface area contributed by atoms with Crippen molar-refractivity contribution < 1.29 is 29.1 Å². The number of ether oxygens (including phenoxy) is 2. The fourth-order valence-corrected chi connectivity index (χ4v) is 2.54. The summed E-state index contributed by atoms with van der Waals surface area (Å²) in [5, 5.41) is 19.9. The predicted octanol–water partition coefficient (Wildman–Crippen LogP) is 2.73. The van der Waals surface area contributed by atoms with Crippen LogP contribution >= 0.6 is 0 Å². The van der Waals surface area contributed by atoms with Crippen molar-refractivity contribution in [3.63, 3.8) is 0 Å². The van der Waals surface area contributed by atoms with Crippen LogP contribution in [0.25, 0.3) is 0 Å². The van der Waals surface area contributed by atoms with Gasteiger partial charge >= 0.3 is 5.97 Å². The Hall–Kier alpha value is -3.62. The van der Waals surface area contributed by atoms with Gasteiger partial charge in [0.2, 0.25) is 0 Å². The van der Waals surface area contributed by atoms with Crippen molar-refractivity contribution >= 4 is 17.6 Å². The number of carbonyl (C=O) groups excluding carboxylic acids is 1. The molecule has 148 valence electrons. The van der Waals surface area contributed by atoms with Gasteiger partial charge in [0.15, 0.2) is 18.1 Å². The van der Waals surface area contributed by atoms with Crippen LogP contribution < -0.4 is 9.47 Å². The van der Waals surface area contributed by atoms with Gasteiger partial charge < -0.3 is 19.5 Å². The maximum Gasteiger partial charge on any atom is 0.341 e. The number of amides is 1. The van der Waals surface area contributed by atoms with Crippen LogP contribution in [0.4, 0.5) is 5.69 Å².